The summed E-state index contributed by atoms with van der Waals surface area (Å²) in [7, 11) is 0. The molecule has 2 amide bonds. The topological polar surface area (TPSA) is 85.5 Å². The summed E-state index contributed by atoms with van der Waals surface area (Å²) in [4.78, 5) is 30.1. The maximum atomic E-state index is 14.5. The van der Waals surface area contributed by atoms with Gasteiger partial charge in [-0.1, -0.05) is 23.4 Å². The Labute approximate surface area is 184 Å². The lowest BCUT2D eigenvalue weighted by Crippen LogP contribution is -2.37. The van der Waals surface area contributed by atoms with Crippen LogP contribution in [0.4, 0.5) is 4.39 Å². The summed E-state index contributed by atoms with van der Waals surface area (Å²) in [5.74, 6) is 0.0539. The zero-order chi connectivity index (χ0) is 21.8. The van der Waals surface area contributed by atoms with E-state index in [1.54, 1.807) is 0 Å². The first kappa shape index (κ1) is 21.6. The van der Waals surface area contributed by atoms with Gasteiger partial charge in [0.05, 0.1) is 18.5 Å². The second kappa shape index (κ2) is 9.70. The number of aromatic nitrogens is 2. The Bertz CT molecular complexity index is 950. The molecule has 4 rings (SSSR count). The fraction of sp³-hybridized carbons (Fsp3) is 0.455. The van der Waals surface area contributed by atoms with Gasteiger partial charge >= 0.3 is 0 Å². The standard InChI is InChI=1S/C22H23ClFN3O4/c23-15(12-30-13-19-25-20(31-26-19)14-6-2-1-3-7-14)10-16(24)11-27-21(28)17-8-4-5-9-18(17)22(27)29/h1-3,6-7,15-16H,4-5,8-13H2. The molecule has 1 aliphatic heterocycles. The molecule has 1 aromatic carbocycles. The molecule has 1 aliphatic carbocycles. The van der Waals surface area contributed by atoms with Crippen molar-refractivity contribution in [3.63, 3.8) is 0 Å². The smallest absolute Gasteiger partial charge is 0.258 e. The van der Waals surface area contributed by atoms with Gasteiger partial charge in [-0.05, 0) is 44.2 Å². The van der Waals surface area contributed by atoms with Crippen molar-refractivity contribution in [2.45, 2.75) is 50.3 Å². The van der Waals surface area contributed by atoms with Crippen molar-refractivity contribution in [2.24, 2.45) is 0 Å². The average molecular weight is 448 g/mol. The lowest BCUT2D eigenvalue weighted by atomic mass is 9.93. The van der Waals surface area contributed by atoms with Gasteiger partial charge in [0.25, 0.3) is 17.7 Å². The number of ether oxygens (including phenoxy) is 1. The maximum Gasteiger partial charge on any atom is 0.258 e. The highest BCUT2D eigenvalue weighted by Crippen LogP contribution is 2.33. The van der Waals surface area contributed by atoms with E-state index in [0.717, 1.165) is 23.3 Å². The Morgan fingerprint density at radius 1 is 1.13 bits per heavy atom. The molecule has 0 radical (unpaired) electrons. The number of carbonyl (C=O) groups is 2. The molecule has 2 heterocycles. The van der Waals surface area contributed by atoms with Crippen molar-refractivity contribution in [1.29, 1.82) is 0 Å². The van der Waals surface area contributed by atoms with E-state index in [1.807, 2.05) is 30.3 Å². The van der Waals surface area contributed by atoms with Crippen molar-refractivity contribution in [2.75, 3.05) is 13.2 Å². The second-order valence-corrected chi connectivity index (χ2v) is 8.33. The number of nitrogens with zero attached hydrogens (tertiary/aromatic N) is 3. The summed E-state index contributed by atoms with van der Waals surface area (Å²) in [6.45, 7) is -0.122. The Hall–Kier alpha value is -2.58. The molecule has 2 aromatic rings. The van der Waals surface area contributed by atoms with Gasteiger partial charge in [0.15, 0.2) is 5.82 Å². The van der Waals surface area contributed by atoms with E-state index in [9.17, 15) is 14.0 Å². The third-order valence-corrected chi connectivity index (χ3v) is 5.69. The fourth-order valence-corrected chi connectivity index (χ4v) is 4.15. The van der Waals surface area contributed by atoms with E-state index in [-0.39, 0.29) is 38.0 Å². The highest BCUT2D eigenvalue weighted by Gasteiger charge is 2.39. The first-order valence-electron chi connectivity index (χ1n) is 10.3. The molecule has 31 heavy (non-hydrogen) atoms. The van der Waals surface area contributed by atoms with Crippen LogP contribution in [0, 0.1) is 0 Å². The van der Waals surface area contributed by atoms with Crippen LogP contribution >= 0.6 is 11.6 Å². The van der Waals surface area contributed by atoms with Gasteiger partial charge in [-0.3, -0.25) is 14.5 Å². The van der Waals surface area contributed by atoms with Crippen LogP contribution in [0.5, 0.6) is 0 Å². The molecule has 0 bridgehead atoms. The van der Waals surface area contributed by atoms with Crippen LogP contribution in [-0.2, 0) is 20.9 Å². The lowest BCUT2D eigenvalue weighted by Gasteiger charge is -2.19. The SMILES string of the molecule is O=C1C2=C(CCCC2)C(=O)N1CC(F)CC(Cl)COCc1noc(-c2ccccc2)n1. The zero-order valence-corrected chi connectivity index (χ0v) is 17.7. The highest BCUT2D eigenvalue weighted by atomic mass is 35.5. The largest absolute Gasteiger partial charge is 0.372 e. The van der Waals surface area contributed by atoms with Crippen molar-refractivity contribution in [3.05, 3.63) is 47.3 Å². The predicted molar refractivity (Wildman–Crippen MR) is 111 cm³/mol. The monoisotopic (exact) mass is 447 g/mol. The van der Waals surface area contributed by atoms with Crippen LogP contribution in [0.15, 0.2) is 46.0 Å². The minimum atomic E-state index is -1.42. The van der Waals surface area contributed by atoms with Crippen LogP contribution in [0.25, 0.3) is 11.5 Å². The van der Waals surface area contributed by atoms with E-state index < -0.39 is 11.5 Å². The van der Waals surface area contributed by atoms with Gasteiger partial charge in [-0.2, -0.15) is 4.98 Å². The third-order valence-electron chi connectivity index (χ3n) is 5.39. The van der Waals surface area contributed by atoms with Crippen molar-refractivity contribution < 1.29 is 23.2 Å². The molecule has 164 valence electrons. The second-order valence-electron chi connectivity index (χ2n) is 7.71. The van der Waals surface area contributed by atoms with Crippen molar-refractivity contribution in [1.82, 2.24) is 15.0 Å². The number of hydrogen-bond donors (Lipinski definition) is 0. The molecule has 0 fully saturated rings. The maximum absolute atomic E-state index is 14.5. The van der Waals surface area contributed by atoms with Gasteiger partial charge in [0.1, 0.15) is 12.8 Å². The molecule has 0 saturated carbocycles. The van der Waals surface area contributed by atoms with Gasteiger partial charge in [-0.15, -0.1) is 11.6 Å². The predicted octanol–water partition coefficient (Wildman–Crippen LogP) is 3.83. The van der Waals surface area contributed by atoms with Crippen molar-refractivity contribution >= 4 is 23.4 Å². The van der Waals surface area contributed by atoms with Gasteiger partial charge in [-0.25, -0.2) is 4.39 Å². The van der Waals surface area contributed by atoms with Crippen LogP contribution < -0.4 is 0 Å². The summed E-state index contributed by atoms with van der Waals surface area (Å²) in [6.07, 6.45) is 1.52. The van der Waals surface area contributed by atoms with Gasteiger partial charge in [0, 0.05) is 16.7 Å². The molecule has 0 saturated heterocycles. The molecule has 0 spiro atoms. The summed E-state index contributed by atoms with van der Waals surface area (Å²) in [6, 6.07) is 9.35. The normalized spacial score (nSPS) is 18.5. The minimum absolute atomic E-state index is 0.0369. The van der Waals surface area contributed by atoms with E-state index >= 15 is 0 Å². The van der Waals surface area contributed by atoms with E-state index in [4.69, 9.17) is 20.9 Å². The number of imide groups is 1. The number of halogens is 2. The van der Waals surface area contributed by atoms with Crippen LogP contribution in [0.3, 0.4) is 0 Å². The van der Waals surface area contributed by atoms with Crippen molar-refractivity contribution in [3.8, 4) is 11.5 Å². The minimum Gasteiger partial charge on any atom is -0.372 e. The Kier molecular flexibility index (Phi) is 6.77. The molecule has 9 heteroatoms. The Morgan fingerprint density at radius 2 is 1.81 bits per heavy atom. The molecule has 1 aromatic heterocycles. The summed E-state index contributed by atoms with van der Waals surface area (Å²) in [5.41, 5.74) is 1.92. The van der Waals surface area contributed by atoms with Crippen LogP contribution in [0.2, 0.25) is 0 Å². The fourth-order valence-electron chi connectivity index (χ4n) is 3.87. The number of amides is 2. The van der Waals surface area contributed by atoms with Gasteiger partial charge < -0.3 is 9.26 Å². The first-order chi connectivity index (χ1) is 15.0. The average Bonchev–Trinajstić information content (AvgIpc) is 3.34. The highest BCUT2D eigenvalue weighted by molar-refractivity contribution is 6.21. The molecular weight excluding hydrogens is 425 g/mol. The molecule has 2 atom stereocenters. The third kappa shape index (κ3) is 5.02. The number of carbonyl (C=O) groups excluding carboxylic acids is 2. The molecule has 7 nitrogen and oxygen atoms in total. The van der Waals surface area contributed by atoms with E-state index in [2.05, 4.69) is 10.1 Å². The summed E-state index contributed by atoms with van der Waals surface area (Å²) >= 11 is 6.20. The quantitative estimate of drug-likeness (QED) is 0.429. The summed E-state index contributed by atoms with van der Waals surface area (Å²) < 4.78 is 25.2. The zero-order valence-electron chi connectivity index (χ0n) is 16.9. The van der Waals surface area contributed by atoms with Crippen LogP contribution in [-0.4, -0.2) is 51.6 Å². The Balaban J connectivity index is 1.21. The molecular formula is C22H23ClFN3O4. The molecule has 2 unspecified atom stereocenters. The lowest BCUT2D eigenvalue weighted by molar-refractivity contribution is -0.138. The van der Waals surface area contributed by atoms with E-state index in [1.165, 1.54) is 0 Å². The number of alkyl halides is 2. The van der Waals surface area contributed by atoms with Crippen LogP contribution in [0.1, 0.15) is 37.9 Å². The number of rotatable bonds is 9. The number of benzene rings is 1. The molecule has 0 N–H and O–H groups in total. The summed E-state index contributed by atoms with van der Waals surface area (Å²) in [5, 5.41) is 3.24. The molecule has 2 aliphatic rings. The Morgan fingerprint density at radius 3 is 2.48 bits per heavy atom. The van der Waals surface area contributed by atoms with E-state index in [0.29, 0.717) is 35.7 Å². The van der Waals surface area contributed by atoms with Gasteiger partial charge in [0.2, 0.25) is 0 Å². The number of hydrogen-bond acceptors (Lipinski definition) is 6. The first-order valence-corrected chi connectivity index (χ1v) is 10.8.